The van der Waals surface area contributed by atoms with Crippen LogP contribution in [0, 0.1) is 125 Å². The normalized spacial score (nSPS) is 12.1. The Balaban J connectivity index is 0.000000167. The topological polar surface area (TPSA) is 0 Å². The molecule has 0 amide bonds. The Morgan fingerprint density at radius 2 is 0.283 bits per heavy atom. The highest BCUT2D eigenvalue weighted by atomic mass is 14.4. The van der Waals surface area contributed by atoms with Gasteiger partial charge in [-0.1, -0.05) is 0 Å². The van der Waals surface area contributed by atoms with Crippen LogP contribution in [0.2, 0.25) is 0 Å². The van der Waals surface area contributed by atoms with Gasteiger partial charge in [-0.3, -0.25) is 0 Å². The summed E-state index contributed by atoms with van der Waals surface area (Å²) in [6.45, 7) is 41.3. The van der Waals surface area contributed by atoms with Gasteiger partial charge in [0.2, 0.25) is 0 Å². The highest BCUT2D eigenvalue weighted by Crippen LogP contribution is 2.58. The molecule has 0 saturated carbocycles. The molecule has 7 rings (SSSR count). The molecule has 0 aromatic heterocycles. The van der Waals surface area contributed by atoms with Gasteiger partial charge in [-0.15, -0.1) is 0 Å². The standard InChI is InChI=1S/C26H30.C20H24/c1-11-12(2)18(8)23-22(17(11)7)24-19(9)13(3)15(5)21-16(6)14(4)20(10)25(23)26(21)24;1-9-10(2)14(6)18-17(13(9)5)19-15(7)11(3)12(4)16(8)20(18)19/h1-10H3;1-8H3. The number of benzene rings is 5. The lowest BCUT2D eigenvalue weighted by atomic mass is 9.68. The van der Waals surface area contributed by atoms with Gasteiger partial charge in [0.1, 0.15) is 0 Å². The zero-order chi connectivity index (χ0) is 34.2. The Morgan fingerprint density at radius 1 is 0.130 bits per heavy atom. The predicted octanol–water partition coefficient (Wildman–Crippen LogP) is 13.4. The molecule has 0 heteroatoms. The van der Waals surface area contributed by atoms with Crippen molar-refractivity contribution in [1.82, 2.24) is 0 Å². The van der Waals surface area contributed by atoms with Crippen molar-refractivity contribution >= 4 is 10.8 Å². The molecule has 0 fully saturated rings. The minimum Gasteiger partial charge on any atom is -0.0443 e. The van der Waals surface area contributed by atoms with Crippen molar-refractivity contribution in [2.75, 3.05) is 0 Å². The number of fused-ring (bicyclic) bond motifs is 7. The molecule has 0 atom stereocenters. The van der Waals surface area contributed by atoms with Gasteiger partial charge in [0.25, 0.3) is 0 Å². The summed E-state index contributed by atoms with van der Waals surface area (Å²) in [6, 6.07) is 0. The first-order valence-corrected chi connectivity index (χ1v) is 17.2. The molecule has 2 aliphatic carbocycles. The van der Waals surface area contributed by atoms with Crippen molar-refractivity contribution < 1.29 is 0 Å². The van der Waals surface area contributed by atoms with Crippen molar-refractivity contribution in [1.29, 1.82) is 0 Å². The van der Waals surface area contributed by atoms with Crippen LogP contribution in [0.3, 0.4) is 0 Å². The van der Waals surface area contributed by atoms with Gasteiger partial charge in [-0.25, -0.2) is 0 Å². The summed E-state index contributed by atoms with van der Waals surface area (Å²) in [5, 5.41) is 3.00. The molecule has 0 heterocycles. The smallest absolute Gasteiger partial charge is 0.00151 e. The average molecular weight is 607 g/mol. The lowest BCUT2D eigenvalue weighted by Crippen LogP contribution is -2.13. The molecule has 0 unspecified atom stereocenters. The summed E-state index contributed by atoms with van der Waals surface area (Å²) >= 11 is 0. The predicted molar refractivity (Wildman–Crippen MR) is 205 cm³/mol. The van der Waals surface area contributed by atoms with E-state index in [9.17, 15) is 0 Å². The van der Waals surface area contributed by atoms with E-state index in [1.165, 1.54) is 155 Å². The van der Waals surface area contributed by atoms with Crippen molar-refractivity contribution in [3.8, 4) is 44.5 Å². The van der Waals surface area contributed by atoms with E-state index in [1.807, 2.05) is 0 Å². The molecule has 0 bridgehead atoms. The maximum Gasteiger partial charge on any atom is -0.00151 e. The average Bonchev–Trinajstić information content (AvgIpc) is 3.37. The van der Waals surface area contributed by atoms with E-state index in [1.54, 1.807) is 0 Å². The molecule has 0 spiro atoms. The maximum atomic E-state index is 2.32. The van der Waals surface area contributed by atoms with Gasteiger partial charge < -0.3 is 0 Å². The summed E-state index contributed by atoms with van der Waals surface area (Å²) in [7, 11) is 0. The molecule has 5 aromatic rings. The molecule has 238 valence electrons. The summed E-state index contributed by atoms with van der Waals surface area (Å²) in [5.41, 5.74) is 38.4. The van der Waals surface area contributed by atoms with Crippen LogP contribution in [0.1, 0.15) is 100 Å². The summed E-state index contributed by atoms with van der Waals surface area (Å²) < 4.78 is 0. The second-order valence-electron chi connectivity index (χ2n) is 15.0. The van der Waals surface area contributed by atoms with Crippen molar-refractivity contribution in [2.24, 2.45) is 0 Å². The Hall–Kier alpha value is -3.64. The second-order valence-corrected chi connectivity index (χ2v) is 15.0. The third-order valence-electron chi connectivity index (χ3n) is 13.6. The molecule has 5 aromatic carbocycles. The largest absolute Gasteiger partial charge is 0.0443 e. The SMILES string of the molecule is Cc1c(C)c(C)c2c(c1C)-c1c(C)c(C)c(C)c(C)c1-2.Cc1c(C)c(C)c2c(c1C)-c1c(C)c(C)c(C)c3c(C)c(C)c(C)c-2c13. The fraction of sp³-hybridized carbons (Fsp3) is 0.391. The van der Waals surface area contributed by atoms with Crippen molar-refractivity contribution in [3.63, 3.8) is 0 Å². The Kier molecular flexibility index (Phi) is 7.33. The van der Waals surface area contributed by atoms with Crippen LogP contribution in [0.4, 0.5) is 0 Å². The zero-order valence-electron chi connectivity index (χ0n) is 32.0. The summed E-state index contributed by atoms with van der Waals surface area (Å²) in [6.07, 6.45) is 0. The third kappa shape index (κ3) is 3.79. The fourth-order valence-electron chi connectivity index (χ4n) is 9.09. The quantitative estimate of drug-likeness (QED) is 0.161. The number of aryl methyl sites for hydroxylation is 2. The van der Waals surface area contributed by atoms with Gasteiger partial charge in [0, 0.05) is 0 Å². The Morgan fingerprint density at radius 3 is 0.500 bits per heavy atom. The first-order valence-electron chi connectivity index (χ1n) is 17.2. The highest BCUT2D eigenvalue weighted by Gasteiger charge is 2.34. The number of hydrogen-bond donors (Lipinski definition) is 0. The monoisotopic (exact) mass is 606 g/mol. The van der Waals surface area contributed by atoms with Gasteiger partial charge in [0.15, 0.2) is 0 Å². The fourth-order valence-corrected chi connectivity index (χ4v) is 9.09. The lowest BCUT2D eigenvalue weighted by Gasteiger charge is -2.35. The van der Waals surface area contributed by atoms with Crippen LogP contribution < -0.4 is 0 Å². The van der Waals surface area contributed by atoms with Gasteiger partial charge in [-0.2, -0.15) is 0 Å². The van der Waals surface area contributed by atoms with Gasteiger partial charge in [-0.05, 0) is 280 Å². The molecular formula is C46H54. The molecule has 46 heavy (non-hydrogen) atoms. The zero-order valence-corrected chi connectivity index (χ0v) is 32.0. The van der Waals surface area contributed by atoms with Crippen molar-refractivity contribution in [2.45, 2.75) is 125 Å². The Bertz CT molecular complexity index is 2010. The molecule has 0 aliphatic heterocycles. The number of hydrogen-bond acceptors (Lipinski definition) is 0. The maximum absolute atomic E-state index is 2.32. The van der Waals surface area contributed by atoms with Crippen LogP contribution in [-0.2, 0) is 0 Å². The first kappa shape index (κ1) is 32.3. The van der Waals surface area contributed by atoms with E-state index in [4.69, 9.17) is 0 Å². The van der Waals surface area contributed by atoms with Crippen molar-refractivity contribution in [3.05, 3.63) is 100 Å². The minimum absolute atomic E-state index is 1.45. The second kappa shape index (κ2) is 10.4. The van der Waals surface area contributed by atoms with E-state index < -0.39 is 0 Å². The summed E-state index contributed by atoms with van der Waals surface area (Å²) in [4.78, 5) is 0. The lowest BCUT2D eigenvalue weighted by molar-refractivity contribution is 1.16. The first-order chi connectivity index (χ1) is 21.4. The minimum atomic E-state index is 1.45. The highest BCUT2D eigenvalue weighted by molar-refractivity contribution is 6.21. The van der Waals surface area contributed by atoms with Gasteiger partial charge in [0.05, 0.1) is 0 Å². The van der Waals surface area contributed by atoms with Crippen LogP contribution in [-0.4, -0.2) is 0 Å². The molecule has 0 nitrogen and oxygen atoms in total. The van der Waals surface area contributed by atoms with E-state index in [0.717, 1.165) is 0 Å². The summed E-state index contributed by atoms with van der Waals surface area (Å²) in [5.74, 6) is 0. The van der Waals surface area contributed by atoms with E-state index >= 15 is 0 Å². The molecule has 2 aliphatic rings. The number of rotatable bonds is 0. The third-order valence-corrected chi connectivity index (χ3v) is 13.6. The molecule has 0 N–H and O–H groups in total. The van der Waals surface area contributed by atoms with Crippen LogP contribution in [0.5, 0.6) is 0 Å². The van der Waals surface area contributed by atoms with Crippen LogP contribution >= 0.6 is 0 Å². The molecule has 0 radical (unpaired) electrons. The van der Waals surface area contributed by atoms with E-state index in [2.05, 4.69) is 125 Å². The Labute approximate surface area is 279 Å². The molecular weight excluding hydrogens is 553 g/mol. The van der Waals surface area contributed by atoms with E-state index in [0.29, 0.717) is 0 Å². The van der Waals surface area contributed by atoms with E-state index in [-0.39, 0.29) is 0 Å². The van der Waals surface area contributed by atoms with Gasteiger partial charge >= 0.3 is 0 Å². The van der Waals surface area contributed by atoms with Crippen LogP contribution in [0.15, 0.2) is 0 Å². The van der Waals surface area contributed by atoms with Crippen LogP contribution in [0.25, 0.3) is 55.3 Å². The molecule has 0 saturated heterocycles.